The number of imide groups is 1. The number of benzene rings is 1. The van der Waals surface area contributed by atoms with E-state index >= 15 is 0 Å². The van der Waals surface area contributed by atoms with Crippen LogP contribution < -0.4 is 10.6 Å². The van der Waals surface area contributed by atoms with Crippen molar-refractivity contribution in [2.75, 3.05) is 6.54 Å². The highest BCUT2D eigenvalue weighted by Crippen LogP contribution is 2.32. The maximum Gasteiger partial charge on any atom is 0.325 e. The summed E-state index contributed by atoms with van der Waals surface area (Å²) in [6, 6.07) is 5.65. The monoisotopic (exact) mass is 383 g/mol. The van der Waals surface area contributed by atoms with Crippen molar-refractivity contribution in [1.82, 2.24) is 15.5 Å². The van der Waals surface area contributed by atoms with Gasteiger partial charge in [0.05, 0.1) is 0 Å². The van der Waals surface area contributed by atoms with Gasteiger partial charge in [0.25, 0.3) is 5.91 Å². The lowest BCUT2D eigenvalue weighted by molar-refractivity contribution is -0.135. The van der Waals surface area contributed by atoms with Gasteiger partial charge in [0.15, 0.2) is 0 Å². The summed E-state index contributed by atoms with van der Waals surface area (Å²) in [5.41, 5.74) is 2.24. The summed E-state index contributed by atoms with van der Waals surface area (Å²) in [6.07, 6.45) is 7.56. The van der Waals surface area contributed by atoms with Gasteiger partial charge in [-0.25, -0.2) is 4.79 Å². The van der Waals surface area contributed by atoms with Crippen LogP contribution in [0.1, 0.15) is 62.6 Å². The van der Waals surface area contributed by atoms with E-state index in [0.29, 0.717) is 5.92 Å². The van der Waals surface area contributed by atoms with E-state index in [1.165, 1.54) is 17.5 Å². The van der Waals surface area contributed by atoms with Gasteiger partial charge in [-0.3, -0.25) is 14.5 Å². The zero-order valence-electron chi connectivity index (χ0n) is 16.7. The Balaban J connectivity index is 1.47. The fraction of sp³-hybridized carbons (Fsp3) is 0.591. The second-order valence-electron chi connectivity index (χ2n) is 8.72. The second-order valence-corrected chi connectivity index (χ2v) is 8.72. The lowest BCUT2D eigenvalue weighted by Crippen LogP contribution is -2.47. The Kier molecular flexibility index (Phi) is 4.89. The number of nitrogens with zero attached hydrogens (tertiary/aromatic N) is 1. The van der Waals surface area contributed by atoms with Gasteiger partial charge >= 0.3 is 6.03 Å². The van der Waals surface area contributed by atoms with Crippen LogP contribution in [0.25, 0.3) is 0 Å². The molecule has 3 aliphatic rings. The third-order valence-corrected chi connectivity index (χ3v) is 6.71. The molecule has 1 aromatic carbocycles. The van der Waals surface area contributed by atoms with Gasteiger partial charge in [-0.2, -0.15) is 0 Å². The molecule has 1 aromatic rings. The van der Waals surface area contributed by atoms with Gasteiger partial charge in [0.2, 0.25) is 5.91 Å². The molecule has 3 atom stereocenters. The van der Waals surface area contributed by atoms with E-state index in [1.807, 2.05) is 12.1 Å². The van der Waals surface area contributed by atoms with Crippen LogP contribution in [-0.4, -0.2) is 35.3 Å². The molecule has 4 amide bonds. The number of amides is 4. The van der Waals surface area contributed by atoms with Crippen molar-refractivity contribution in [2.24, 2.45) is 5.92 Å². The Morgan fingerprint density at radius 2 is 1.93 bits per heavy atom. The number of hydrogen-bond donors (Lipinski definition) is 2. The molecule has 4 rings (SSSR count). The Hall–Kier alpha value is -2.37. The van der Waals surface area contributed by atoms with Gasteiger partial charge < -0.3 is 10.6 Å². The van der Waals surface area contributed by atoms with Gasteiger partial charge in [-0.15, -0.1) is 0 Å². The highest BCUT2D eigenvalue weighted by atomic mass is 16.2. The second kappa shape index (κ2) is 7.22. The Bertz CT molecular complexity index is 821. The van der Waals surface area contributed by atoms with Crippen molar-refractivity contribution in [3.05, 3.63) is 34.9 Å². The number of rotatable bonds is 4. The van der Waals surface area contributed by atoms with Gasteiger partial charge in [0.1, 0.15) is 12.1 Å². The number of carbonyl (C=O) groups excluding carboxylic acids is 3. The number of carbonyl (C=O) groups is 3. The molecular formula is C22H29N3O3. The molecule has 2 aliphatic carbocycles. The molecule has 0 aromatic heterocycles. The van der Waals surface area contributed by atoms with Crippen molar-refractivity contribution in [2.45, 2.75) is 70.4 Å². The number of nitrogens with one attached hydrogen (secondary N) is 2. The van der Waals surface area contributed by atoms with Crippen molar-refractivity contribution in [3.63, 3.8) is 0 Å². The third-order valence-electron chi connectivity index (χ3n) is 6.71. The van der Waals surface area contributed by atoms with Crippen molar-refractivity contribution < 1.29 is 14.4 Å². The van der Waals surface area contributed by atoms with E-state index in [-0.39, 0.29) is 24.4 Å². The average Bonchev–Trinajstić information content (AvgIpc) is 3.22. The maximum atomic E-state index is 13.1. The highest BCUT2D eigenvalue weighted by Gasteiger charge is 2.49. The van der Waals surface area contributed by atoms with Crippen LogP contribution in [0.2, 0.25) is 0 Å². The number of fused-ring (bicyclic) bond motifs is 1. The van der Waals surface area contributed by atoms with Crippen LogP contribution >= 0.6 is 0 Å². The summed E-state index contributed by atoms with van der Waals surface area (Å²) in [5, 5.41) is 5.84. The minimum absolute atomic E-state index is 0.130. The SMILES string of the molecule is CC1CCCCC1NC(=O)CN1C(=O)NC(C)(c2ccc3c(c2)CCC3)C1=O. The fourth-order valence-corrected chi connectivity index (χ4v) is 4.85. The van der Waals surface area contributed by atoms with Gasteiger partial charge in [-0.05, 0) is 61.6 Å². The molecule has 0 spiro atoms. The van der Waals surface area contributed by atoms with E-state index in [1.54, 1.807) is 6.92 Å². The van der Waals surface area contributed by atoms with Crippen molar-refractivity contribution in [3.8, 4) is 0 Å². The van der Waals surface area contributed by atoms with Crippen molar-refractivity contribution in [1.29, 1.82) is 0 Å². The summed E-state index contributed by atoms with van der Waals surface area (Å²) in [4.78, 5) is 39.2. The first-order valence-electron chi connectivity index (χ1n) is 10.4. The number of aryl methyl sites for hydroxylation is 2. The van der Waals surface area contributed by atoms with Crippen molar-refractivity contribution >= 4 is 17.8 Å². The average molecular weight is 383 g/mol. The van der Waals surface area contributed by atoms with E-state index < -0.39 is 11.6 Å². The molecule has 1 saturated carbocycles. The lowest BCUT2D eigenvalue weighted by atomic mass is 9.86. The normalized spacial score (nSPS) is 29.6. The van der Waals surface area contributed by atoms with Crippen LogP contribution in [0.3, 0.4) is 0 Å². The predicted molar refractivity (Wildman–Crippen MR) is 106 cm³/mol. The van der Waals surface area contributed by atoms with E-state index in [0.717, 1.165) is 49.0 Å². The first-order valence-corrected chi connectivity index (χ1v) is 10.4. The molecule has 1 saturated heterocycles. The number of urea groups is 1. The Morgan fingerprint density at radius 1 is 1.18 bits per heavy atom. The summed E-state index contributed by atoms with van der Waals surface area (Å²) in [6.45, 7) is 3.64. The molecule has 0 radical (unpaired) electrons. The van der Waals surface area contributed by atoms with Crippen LogP contribution in [0.4, 0.5) is 4.79 Å². The molecule has 2 fully saturated rings. The first kappa shape index (κ1) is 19.0. The minimum atomic E-state index is -1.12. The number of hydrogen-bond acceptors (Lipinski definition) is 3. The molecule has 1 aliphatic heterocycles. The molecule has 1 heterocycles. The van der Waals surface area contributed by atoms with Gasteiger partial charge in [0, 0.05) is 6.04 Å². The lowest BCUT2D eigenvalue weighted by Gasteiger charge is -2.30. The van der Waals surface area contributed by atoms with Gasteiger partial charge in [-0.1, -0.05) is 38.0 Å². The molecule has 3 unspecified atom stereocenters. The zero-order chi connectivity index (χ0) is 19.9. The van der Waals surface area contributed by atoms with E-state index in [4.69, 9.17) is 0 Å². The molecule has 6 nitrogen and oxygen atoms in total. The fourth-order valence-electron chi connectivity index (χ4n) is 4.85. The van der Waals surface area contributed by atoms with Crippen LogP contribution in [0.5, 0.6) is 0 Å². The Labute approximate surface area is 166 Å². The quantitative estimate of drug-likeness (QED) is 0.785. The summed E-state index contributed by atoms with van der Waals surface area (Å²) >= 11 is 0. The molecule has 28 heavy (non-hydrogen) atoms. The smallest absolute Gasteiger partial charge is 0.325 e. The van der Waals surface area contributed by atoms with E-state index in [9.17, 15) is 14.4 Å². The first-order chi connectivity index (χ1) is 13.4. The standard InChI is InChI=1S/C22H29N3O3/c1-14-6-3-4-9-18(14)23-19(26)13-25-20(27)22(2,24-21(25)28)17-11-10-15-7-5-8-16(15)12-17/h10-12,14,18H,3-9,13H2,1-2H3,(H,23,26)(H,24,28). The molecule has 6 heteroatoms. The Morgan fingerprint density at radius 3 is 2.71 bits per heavy atom. The third kappa shape index (κ3) is 3.29. The predicted octanol–water partition coefficient (Wildman–Crippen LogP) is 2.64. The van der Waals surface area contributed by atoms with Crippen LogP contribution in [0, 0.1) is 5.92 Å². The van der Waals surface area contributed by atoms with E-state index in [2.05, 4.69) is 23.6 Å². The van der Waals surface area contributed by atoms with Crippen LogP contribution in [-0.2, 0) is 28.0 Å². The molecule has 2 N–H and O–H groups in total. The largest absolute Gasteiger partial charge is 0.352 e. The zero-order valence-corrected chi connectivity index (χ0v) is 16.7. The summed E-state index contributed by atoms with van der Waals surface area (Å²) in [7, 11) is 0. The maximum absolute atomic E-state index is 13.1. The molecular weight excluding hydrogens is 354 g/mol. The van der Waals surface area contributed by atoms with Crippen LogP contribution in [0.15, 0.2) is 18.2 Å². The topological polar surface area (TPSA) is 78.5 Å². The molecule has 150 valence electrons. The minimum Gasteiger partial charge on any atom is -0.352 e. The molecule has 0 bridgehead atoms. The summed E-state index contributed by atoms with van der Waals surface area (Å²) in [5.74, 6) is -0.194. The summed E-state index contributed by atoms with van der Waals surface area (Å²) < 4.78 is 0. The highest BCUT2D eigenvalue weighted by molar-refractivity contribution is 6.09.